The Morgan fingerprint density at radius 2 is 1.75 bits per heavy atom. The zero-order chi connectivity index (χ0) is 14.5. The largest absolute Gasteiger partial charge is 0.339 e. The van der Waals surface area contributed by atoms with E-state index in [1.54, 1.807) is 0 Å². The molecule has 1 aliphatic heterocycles. The number of piperazine rings is 1. The quantitative estimate of drug-likeness (QED) is 0.901. The summed E-state index contributed by atoms with van der Waals surface area (Å²) in [7, 11) is 0. The second-order valence-corrected chi connectivity index (χ2v) is 5.86. The van der Waals surface area contributed by atoms with Gasteiger partial charge in [0.05, 0.1) is 6.04 Å². The maximum Gasteiger partial charge on any atom is 0.239 e. The van der Waals surface area contributed by atoms with Crippen LogP contribution >= 0.6 is 0 Å². The fourth-order valence-corrected chi connectivity index (χ4v) is 2.46. The van der Waals surface area contributed by atoms with Gasteiger partial charge in [-0.15, -0.1) is 0 Å². The summed E-state index contributed by atoms with van der Waals surface area (Å²) in [5.74, 6) is 0.296. The third-order valence-electron chi connectivity index (χ3n) is 3.94. The van der Waals surface area contributed by atoms with Crippen LogP contribution in [0.1, 0.15) is 19.4 Å². The number of benzene rings is 1. The van der Waals surface area contributed by atoms with Gasteiger partial charge in [-0.25, -0.2) is 0 Å². The summed E-state index contributed by atoms with van der Waals surface area (Å²) >= 11 is 0. The van der Waals surface area contributed by atoms with E-state index in [1.807, 2.05) is 24.8 Å². The van der Waals surface area contributed by atoms with Crippen LogP contribution in [0, 0.1) is 5.92 Å². The number of rotatable bonds is 4. The number of hydrogen-bond acceptors (Lipinski definition) is 3. The van der Waals surface area contributed by atoms with Crippen LogP contribution in [0.2, 0.25) is 0 Å². The van der Waals surface area contributed by atoms with Crippen LogP contribution in [0.4, 0.5) is 0 Å². The minimum absolute atomic E-state index is 0.0966. The molecule has 1 amide bonds. The first-order chi connectivity index (χ1) is 9.58. The van der Waals surface area contributed by atoms with Crippen molar-refractivity contribution in [3.05, 3.63) is 35.9 Å². The molecule has 2 N–H and O–H groups in total. The van der Waals surface area contributed by atoms with E-state index in [2.05, 4.69) is 29.2 Å². The zero-order valence-electron chi connectivity index (χ0n) is 12.5. The summed E-state index contributed by atoms with van der Waals surface area (Å²) < 4.78 is 0. The fraction of sp³-hybridized carbons (Fsp3) is 0.562. The van der Waals surface area contributed by atoms with Crippen LogP contribution in [0.25, 0.3) is 0 Å². The molecule has 1 heterocycles. The summed E-state index contributed by atoms with van der Waals surface area (Å²) in [5, 5.41) is 0. The molecule has 4 heteroatoms. The van der Waals surface area contributed by atoms with E-state index in [0.717, 1.165) is 32.7 Å². The van der Waals surface area contributed by atoms with Crippen molar-refractivity contribution in [2.75, 3.05) is 26.2 Å². The predicted molar refractivity (Wildman–Crippen MR) is 81.1 cm³/mol. The molecule has 0 saturated carbocycles. The molecule has 1 unspecified atom stereocenters. The van der Waals surface area contributed by atoms with E-state index in [-0.39, 0.29) is 17.9 Å². The van der Waals surface area contributed by atoms with Gasteiger partial charge in [-0.3, -0.25) is 9.69 Å². The van der Waals surface area contributed by atoms with Crippen molar-refractivity contribution >= 4 is 5.91 Å². The van der Waals surface area contributed by atoms with E-state index < -0.39 is 0 Å². The smallest absolute Gasteiger partial charge is 0.239 e. The van der Waals surface area contributed by atoms with Gasteiger partial charge in [0.1, 0.15) is 0 Å². The lowest BCUT2D eigenvalue weighted by atomic mass is 10.0. The Morgan fingerprint density at radius 1 is 1.15 bits per heavy atom. The Balaban J connectivity index is 1.82. The van der Waals surface area contributed by atoms with E-state index >= 15 is 0 Å². The molecule has 1 aliphatic rings. The van der Waals surface area contributed by atoms with Crippen molar-refractivity contribution < 1.29 is 4.79 Å². The molecule has 1 aromatic rings. The number of carbonyl (C=O) groups excluding carboxylic acids is 1. The van der Waals surface area contributed by atoms with Crippen molar-refractivity contribution in [1.29, 1.82) is 0 Å². The second-order valence-electron chi connectivity index (χ2n) is 5.86. The first kappa shape index (κ1) is 15.0. The average Bonchev–Trinajstić information content (AvgIpc) is 2.47. The molecule has 0 aliphatic carbocycles. The van der Waals surface area contributed by atoms with E-state index in [4.69, 9.17) is 5.73 Å². The molecule has 0 spiro atoms. The van der Waals surface area contributed by atoms with Gasteiger partial charge in [-0.2, -0.15) is 0 Å². The van der Waals surface area contributed by atoms with Gasteiger partial charge in [0.15, 0.2) is 0 Å². The van der Waals surface area contributed by atoms with Gasteiger partial charge < -0.3 is 10.6 Å². The molecular weight excluding hydrogens is 250 g/mol. The van der Waals surface area contributed by atoms with Crippen LogP contribution in [0.15, 0.2) is 30.3 Å². The molecular formula is C16H25N3O. The van der Waals surface area contributed by atoms with Gasteiger partial charge in [0, 0.05) is 32.7 Å². The molecule has 1 atom stereocenters. The molecule has 20 heavy (non-hydrogen) atoms. The van der Waals surface area contributed by atoms with Crippen LogP contribution in [-0.4, -0.2) is 47.9 Å². The highest BCUT2D eigenvalue weighted by molar-refractivity contribution is 5.82. The monoisotopic (exact) mass is 275 g/mol. The third-order valence-corrected chi connectivity index (χ3v) is 3.94. The third kappa shape index (κ3) is 3.81. The van der Waals surface area contributed by atoms with E-state index in [0.29, 0.717) is 0 Å². The van der Waals surface area contributed by atoms with Crippen LogP contribution in [-0.2, 0) is 11.3 Å². The van der Waals surface area contributed by atoms with E-state index in [9.17, 15) is 4.79 Å². The van der Waals surface area contributed by atoms with Crippen LogP contribution < -0.4 is 5.73 Å². The summed E-state index contributed by atoms with van der Waals surface area (Å²) in [6.45, 7) is 8.36. The summed E-state index contributed by atoms with van der Waals surface area (Å²) in [5.41, 5.74) is 7.27. The number of nitrogens with two attached hydrogens (primary N) is 1. The first-order valence-electron chi connectivity index (χ1n) is 7.38. The standard InChI is InChI=1S/C16H25N3O/c1-13(2)15(17)16(20)19-10-8-18(9-11-19)12-14-6-4-3-5-7-14/h3-7,13,15H,8-12,17H2,1-2H3. The maximum absolute atomic E-state index is 12.2. The highest BCUT2D eigenvalue weighted by atomic mass is 16.2. The van der Waals surface area contributed by atoms with Crippen molar-refractivity contribution in [2.24, 2.45) is 11.7 Å². The molecule has 1 aromatic carbocycles. The van der Waals surface area contributed by atoms with Gasteiger partial charge in [-0.1, -0.05) is 44.2 Å². The molecule has 2 rings (SSSR count). The Hall–Kier alpha value is -1.39. The lowest BCUT2D eigenvalue weighted by molar-refractivity contribution is -0.135. The number of nitrogens with zero attached hydrogens (tertiary/aromatic N) is 2. The fourth-order valence-electron chi connectivity index (χ4n) is 2.46. The minimum Gasteiger partial charge on any atom is -0.339 e. The lowest BCUT2D eigenvalue weighted by Gasteiger charge is -2.36. The molecule has 4 nitrogen and oxygen atoms in total. The van der Waals surface area contributed by atoms with E-state index in [1.165, 1.54) is 5.56 Å². The maximum atomic E-state index is 12.2. The Morgan fingerprint density at radius 3 is 2.30 bits per heavy atom. The minimum atomic E-state index is -0.365. The Labute approximate surface area is 121 Å². The highest BCUT2D eigenvalue weighted by Crippen LogP contribution is 2.10. The van der Waals surface area contributed by atoms with Gasteiger partial charge in [-0.05, 0) is 11.5 Å². The van der Waals surface area contributed by atoms with Crippen molar-refractivity contribution in [3.8, 4) is 0 Å². The normalized spacial score (nSPS) is 18.3. The Bertz CT molecular complexity index is 425. The second kappa shape index (κ2) is 6.86. The first-order valence-corrected chi connectivity index (χ1v) is 7.38. The van der Waals surface area contributed by atoms with Gasteiger partial charge in [0.2, 0.25) is 5.91 Å². The van der Waals surface area contributed by atoms with Crippen LogP contribution in [0.3, 0.4) is 0 Å². The number of carbonyl (C=O) groups is 1. The van der Waals surface area contributed by atoms with Crippen molar-refractivity contribution in [3.63, 3.8) is 0 Å². The number of amides is 1. The molecule has 0 aromatic heterocycles. The van der Waals surface area contributed by atoms with Crippen molar-refractivity contribution in [2.45, 2.75) is 26.4 Å². The zero-order valence-corrected chi connectivity index (χ0v) is 12.5. The lowest BCUT2D eigenvalue weighted by Crippen LogP contribution is -2.54. The number of hydrogen-bond donors (Lipinski definition) is 1. The summed E-state index contributed by atoms with van der Waals surface area (Å²) in [6, 6.07) is 10.1. The molecule has 0 radical (unpaired) electrons. The summed E-state index contributed by atoms with van der Waals surface area (Å²) in [4.78, 5) is 16.5. The average molecular weight is 275 g/mol. The van der Waals surface area contributed by atoms with Gasteiger partial charge in [0.25, 0.3) is 0 Å². The molecule has 1 fully saturated rings. The highest BCUT2D eigenvalue weighted by Gasteiger charge is 2.26. The van der Waals surface area contributed by atoms with Gasteiger partial charge >= 0.3 is 0 Å². The van der Waals surface area contributed by atoms with Crippen LogP contribution in [0.5, 0.6) is 0 Å². The topological polar surface area (TPSA) is 49.6 Å². The predicted octanol–water partition coefficient (Wildman–Crippen LogP) is 1.31. The molecule has 110 valence electrons. The SMILES string of the molecule is CC(C)C(N)C(=O)N1CCN(Cc2ccccc2)CC1. The van der Waals surface area contributed by atoms with Crippen molar-refractivity contribution in [1.82, 2.24) is 9.80 Å². The molecule has 0 bridgehead atoms. The Kier molecular flexibility index (Phi) is 5.15. The summed E-state index contributed by atoms with van der Waals surface area (Å²) in [6.07, 6.45) is 0. The molecule has 1 saturated heterocycles.